The number of likely N-dealkylation sites (N-methyl/N-ethyl adjacent to an activating group) is 1. The highest BCUT2D eigenvalue weighted by atomic mass is 19.3. The lowest BCUT2D eigenvalue weighted by molar-refractivity contribution is -0.120. The van der Waals surface area contributed by atoms with Crippen LogP contribution in [0.25, 0.3) is 0 Å². The van der Waals surface area contributed by atoms with Crippen LogP contribution in [0.15, 0.2) is 24.7 Å². The number of amides is 1. The Kier molecular flexibility index (Phi) is 5.66. The fourth-order valence-corrected chi connectivity index (χ4v) is 2.26. The molecule has 2 aromatic heterocycles. The van der Waals surface area contributed by atoms with Gasteiger partial charge in [0.05, 0.1) is 18.8 Å². The van der Waals surface area contributed by atoms with Crippen molar-refractivity contribution in [3.8, 4) is 0 Å². The molecular weight excluding hydrogens is 318 g/mol. The molecule has 1 amide bonds. The number of carbonyl (C=O) groups is 1. The van der Waals surface area contributed by atoms with Crippen LogP contribution in [0.2, 0.25) is 0 Å². The minimum Gasteiger partial charge on any atom is -0.310 e. The zero-order valence-electron chi connectivity index (χ0n) is 14.1. The molecule has 2 heterocycles. The van der Waals surface area contributed by atoms with Gasteiger partial charge in [-0.2, -0.15) is 13.9 Å². The molecule has 0 saturated heterocycles. The molecule has 0 aliphatic heterocycles. The number of anilines is 1. The van der Waals surface area contributed by atoms with Crippen LogP contribution in [0, 0.1) is 0 Å². The van der Waals surface area contributed by atoms with Crippen molar-refractivity contribution in [2.75, 3.05) is 12.4 Å². The van der Waals surface area contributed by atoms with Gasteiger partial charge in [0, 0.05) is 24.5 Å². The van der Waals surface area contributed by atoms with Crippen molar-refractivity contribution in [2.45, 2.75) is 45.9 Å². The molecular formula is C15H22F2N6O. The molecule has 0 saturated carbocycles. The zero-order valence-corrected chi connectivity index (χ0v) is 14.1. The van der Waals surface area contributed by atoms with Gasteiger partial charge in [0.25, 0.3) is 0 Å². The highest BCUT2D eigenvalue weighted by Gasteiger charge is 2.22. The van der Waals surface area contributed by atoms with Gasteiger partial charge < -0.3 is 5.32 Å². The minimum atomic E-state index is -2.65. The monoisotopic (exact) mass is 340 g/mol. The summed E-state index contributed by atoms with van der Waals surface area (Å²) in [7, 11) is 1.69. The molecule has 0 aliphatic carbocycles. The van der Waals surface area contributed by atoms with Crippen LogP contribution < -0.4 is 5.32 Å². The maximum absolute atomic E-state index is 12.9. The summed E-state index contributed by atoms with van der Waals surface area (Å²) in [5.41, 5.74) is 0. The van der Waals surface area contributed by atoms with E-state index in [1.54, 1.807) is 35.8 Å². The van der Waals surface area contributed by atoms with Crippen LogP contribution in [-0.4, -0.2) is 43.2 Å². The third kappa shape index (κ3) is 3.97. The fourth-order valence-electron chi connectivity index (χ4n) is 2.26. The summed E-state index contributed by atoms with van der Waals surface area (Å²) >= 11 is 0. The highest BCUT2D eigenvalue weighted by molar-refractivity contribution is 5.93. The number of hydrogen-bond acceptors (Lipinski definition) is 4. The van der Waals surface area contributed by atoms with Crippen molar-refractivity contribution >= 4 is 11.7 Å². The maximum Gasteiger partial charge on any atom is 0.319 e. The normalized spacial score (nSPS) is 13.0. The van der Waals surface area contributed by atoms with Crippen LogP contribution in [0.5, 0.6) is 0 Å². The molecule has 1 atom stereocenters. The predicted octanol–water partition coefficient (Wildman–Crippen LogP) is 2.51. The molecule has 9 heteroatoms. The average Bonchev–Trinajstić information content (AvgIpc) is 3.15. The number of imidazole rings is 1. The molecule has 0 fully saturated rings. The van der Waals surface area contributed by atoms with Crippen molar-refractivity contribution in [3.63, 3.8) is 0 Å². The first-order chi connectivity index (χ1) is 11.3. The van der Waals surface area contributed by atoms with Crippen molar-refractivity contribution < 1.29 is 13.6 Å². The molecule has 0 radical (unpaired) electrons. The van der Waals surface area contributed by atoms with Gasteiger partial charge in [0.15, 0.2) is 0 Å². The molecule has 0 unspecified atom stereocenters. The molecule has 132 valence electrons. The van der Waals surface area contributed by atoms with Gasteiger partial charge in [-0.05, 0) is 27.8 Å². The second kappa shape index (κ2) is 7.52. The second-order valence-electron chi connectivity index (χ2n) is 5.86. The summed E-state index contributed by atoms with van der Waals surface area (Å²) in [6.07, 6.45) is 4.16. The lowest BCUT2D eigenvalue weighted by Gasteiger charge is -2.24. The van der Waals surface area contributed by atoms with Gasteiger partial charge in [-0.15, -0.1) is 0 Å². The largest absolute Gasteiger partial charge is 0.319 e. The standard InChI is InChI=1S/C15H22F2N6O/c1-10(2)23-12(5-6-19-23)20-14(24)11(3)21(4)9-13-18-7-8-22(13)15(16)17/h5-8,10-11,15H,9H2,1-4H3,(H,20,24)/t11-/m1/s1. The summed E-state index contributed by atoms with van der Waals surface area (Å²) in [6.45, 7) is 3.11. The second-order valence-corrected chi connectivity index (χ2v) is 5.86. The average molecular weight is 340 g/mol. The summed E-state index contributed by atoms with van der Waals surface area (Å²) in [4.78, 5) is 18.0. The number of nitrogens with zero attached hydrogens (tertiary/aromatic N) is 5. The Labute approximate surface area is 139 Å². The van der Waals surface area contributed by atoms with E-state index < -0.39 is 12.6 Å². The molecule has 0 bridgehead atoms. The Bertz CT molecular complexity index is 681. The van der Waals surface area contributed by atoms with E-state index in [9.17, 15) is 13.6 Å². The maximum atomic E-state index is 12.9. The molecule has 7 nitrogen and oxygen atoms in total. The number of rotatable bonds is 7. The Morgan fingerprint density at radius 3 is 2.67 bits per heavy atom. The first-order valence-corrected chi connectivity index (χ1v) is 7.65. The van der Waals surface area contributed by atoms with E-state index in [4.69, 9.17) is 0 Å². The van der Waals surface area contributed by atoms with E-state index in [2.05, 4.69) is 15.4 Å². The Morgan fingerprint density at radius 2 is 2.04 bits per heavy atom. The molecule has 0 aliphatic rings. The van der Waals surface area contributed by atoms with E-state index in [0.717, 1.165) is 4.57 Å². The molecule has 1 N–H and O–H groups in total. The molecule has 0 aromatic carbocycles. The van der Waals surface area contributed by atoms with E-state index in [0.29, 0.717) is 5.82 Å². The zero-order chi connectivity index (χ0) is 17.9. The van der Waals surface area contributed by atoms with Crippen LogP contribution in [0.4, 0.5) is 14.6 Å². The Hall–Kier alpha value is -2.29. The number of aromatic nitrogens is 4. The lowest BCUT2D eigenvalue weighted by atomic mass is 10.2. The number of halogens is 2. The van der Waals surface area contributed by atoms with Crippen LogP contribution >= 0.6 is 0 Å². The summed E-state index contributed by atoms with van der Waals surface area (Å²) in [6, 6.07) is 1.30. The van der Waals surface area contributed by atoms with Gasteiger partial charge in [-0.1, -0.05) is 0 Å². The first-order valence-electron chi connectivity index (χ1n) is 7.65. The third-order valence-electron chi connectivity index (χ3n) is 3.80. The Morgan fingerprint density at radius 1 is 1.33 bits per heavy atom. The molecule has 0 spiro atoms. The van der Waals surface area contributed by atoms with Gasteiger partial charge in [0.2, 0.25) is 5.91 Å². The van der Waals surface area contributed by atoms with Gasteiger partial charge in [-0.25, -0.2) is 9.67 Å². The van der Waals surface area contributed by atoms with Crippen molar-refractivity contribution in [1.29, 1.82) is 0 Å². The quantitative estimate of drug-likeness (QED) is 0.841. The summed E-state index contributed by atoms with van der Waals surface area (Å²) < 4.78 is 28.2. The van der Waals surface area contributed by atoms with Crippen molar-refractivity contribution in [3.05, 3.63) is 30.5 Å². The summed E-state index contributed by atoms with van der Waals surface area (Å²) in [5, 5.41) is 6.97. The van der Waals surface area contributed by atoms with Gasteiger partial charge >= 0.3 is 6.55 Å². The SMILES string of the molecule is CC(C)n1nccc1NC(=O)[C@@H](C)N(C)Cc1nccn1C(F)F. The summed E-state index contributed by atoms with van der Waals surface area (Å²) in [5.74, 6) is 0.568. The number of nitrogens with one attached hydrogen (secondary N) is 1. The van der Waals surface area contributed by atoms with Crippen LogP contribution in [-0.2, 0) is 11.3 Å². The van der Waals surface area contributed by atoms with Crippen LogP contribution in [0.1, 0.15) is 39.2 Å². The van der Waals surface area contributed by atoms with E-state index in [1.165, 1.54) is 12.4 Å². The van der Waals surface area contributed by atoms with Gasteiger partial charge in [-0.3, -0.25) is 14.3 Å². The number of carbonyl (C=O) groups excluding carboxylic acids is 1. The van der Waals surface area contributed by atoms with Crippen LogP contribution in [0.3, 0.4) is 0 Å². The predicted molar refractivity (Wildman–Crippen MR) is 85.7 cm³/mol. The van der Waals surface area contributed by atoms with E-state index in [-0.39, 0.29) is 24.3 Å². The van der Waals surface area contributed by atoms with E-state index in [1.807, 2.05) is 13.8 Å². The molecule has 2 rings (SSSR count). The van der Waals surface area contributed by atoms with Gasteiger partial charge in [0.1, 0.15) is 11.6 Å². The smallest absolute Gasteiger partial charge is 0.310 e. The Balaban J connectivity index is 2.02. The topological polar surface area (TPSA) is 68.0 Å². The lowest BCUT2D eigenvalue weighted by Crippen LogP contribution is -2.40. The molecule has 24 heavy (non-hydrogen) atoms. The first kappa shape index (κ1) is 18.1. The number of alkyl halides is 2. The third-order valence-corrected chi connectivity index (χ3v) is 3.80. The minimum absolute atomic E-state index is 0.113. The number of hydrogen-bond donors (Lipinski definition) is 1. The van der Waals surface area contributed by atoms with Crippen molar-refractivity contribution in [2.24, 2.45) is 0 Å². The fraction of sp³-hybridized carbons (Fsp3) is 0.533. The highest BCUT2D eigenvalue weighted by Crippen LogP contribution is 2.16. The van der Waals surface area contributed by atoms with E-state index >= 15 is 0 Å². The van der Waals surface area contributed by atoms with Crippen molar-refractivity contribution in [1.82, 2.24) is 24.2 Å². The molecule has 2 aromatic rings.